The van der Waals surface area contributed by atoms with Crippen LogP contribution in [0.5, 0.6) is 0 Å². The number of hydrogen-bond acceptors (Lipinski definition) is 5. The van der Waals surface area contributed by atoms with E-state index in [1.165, 1.54) is 0 Å². The van der Waals surface area contributed by atoms with Crippen molar-refractivity contribution in [3.8, 4) is 0 Å². The molecule has 0 radical (unpaired) electrons. The van der Waals surface area contributed by atoms with Crippen LogP contribution in [-0.2, 0) is 11.3 Å². The molecule has 0 aromatic carbocycles. The maximum atomic E-state index is 12.2. The summed E-state index contributed by atoms with van der Waals surface area (Å²) in [5.74, 6) is -0.181. The standard InChI is InChI=1S/C15H17N3O4S/c1-10(2)15(12-4-3-7-23-12)16-13(19)9-17-8-11(18(21)22)5-6-14(17)20/h3-8,10,15H,9H2,1-2H3,(H,16,19). The summed E-state index contributed by atoms with van der Waals surface area (Å²) in [7, 11) is 0. The van der Waals surface area contributed by atoms with Crippen molar-refractivity contribution in [3.63, 3.8) is 0 Å². The van der Waals surface area contributed by atoms with Crippen molar-refractivity contribution in [3.05, 3.63) is 61.2 Å². The molecule has 1 amide bonds. The van der Waals surface area contributed by atoms with E-state index < -0.39 is 10.5 Å². The van der Waals surface area contributed by atoms with Crippen molar-refractivity contribution >= 4 is 22.9 Å². The van der Waals surface area contributed by atoms with E-state index in [-0.39, 0.29) is 30.1 Å². The molecule has 0 aliphatic heterocycles. The lowest BCUT2D eigenvalue weighted by atomic mass is 10.0. The molecule has 2 aromatic rings. The summed E-state index contributed by atoms with van der Waals surface area (Å²) in [5.41, 5.74) is -0.681. The summed E-state index contributed by atoms with van der Waals surface area (Å²) < 4.78 is 1.04. The second kappa shape index (κ2) is 7.19. The van der Waals surface area contributed by atoms with Gasteiger partial charge in [-0.1, -0.05) is 19.9 Å². The van der Waals surface area contributed by atoms with Crippen molar-refractivity contribution in [2.75, 3.05) is 0 Å². The molecule has 0 aliphatic rings. The maximum Gasteiger partial charge on any atom is 0.285 e. The fraction of sp³-hybridized carbons (Fsp3) is 0.333. The Labute approximate surface area is 136 Å². The molecule has 8 heteroatoms. The average Bonchev–Trinajstić information content (AvgIpc) is 3.00. The highest BCUT2D eigenvalue weighted by Crippen LogP contribution is 2.25. The normalized spacial score (nSPS) is 12.1. The van der Waals surface area contributed by atoms with Gasteiger partial charge in [0.25, 0.3) is 11.2 Å². The van der Waals surface area contributed by atoms with E-state index in [1.807, 2.05) is 31.4 Å². The van der Waals surface area contributed by atoms with Crippen molar-refractivity contribution < 1.29 is 9.72 Å². The van der Waals surface area contributed by atoms with Gasteiger partial charge < -0.3 is 5.32 Å². The quantitative estimate of drug-likeness (QED) is 0.647. The summed E-state index contributed by atoms with van der Waals surface area (Å²) in [6.07, 6.45) is 1.08. The summed E-state index contributed by atoms with van der Waals surface area (Å²) >= 11 is 1.54. The van der Waals surface area contributed by atoms with E-state index in [0.29, 0.717) is 0 Å². The molecule has 1 unspecified atom stereocenters. The van der Waals surface area contributed by atoms with Crippen LogP contribution < -0.4 is 10.9 Å². The second-order valence-corrected chi connectivity index (χ2v) is 6.39. The Morgan fingerprint density at radius 1 is 1.39 bits per heavy atom. The highest BCUT2D eigenvalue weighted by Gasteiger charge is 2.20. The molecule has 23 heavy (non-hydrogen) atoms. The smallest absolute Gasteiger partial charge is 0.285 e. The number of nitrogens with one attached hydrogen (secondary N) is 1. The van der Waals surface area contributed by atoms with E-state index in [2.05, 4.69) is 5.32 Å². The van der Waals surface area contributed by atoms with Gasteiger partial charge in [-0.15, -0.1) is 11.3 Å². The van der Waals surface area contributed by atoms with Gasteiger partial charge >= 0.3 is 0 Å². The molecule has 122 valence electrons. The van der Waals surface area contributed by atoms with Crippen molar-refractivity contribution in [2.45, 2.75) is 26.4 Å². The predicted molar refractivity (Wildman–Crippen MR) is 87.4 cm³/mol. The summed E-state index contributed by atoms with van der Waals surface area (Å²) in [6, 6.07) is 5.91. The van der Waals surface area contributed by atoms with Gasteiger partial charge in [0.15, 0.2) is 0 Å². The van der Waals surface area contributed by atoms with Crippen LogP contribution in [0, 0.1) is 16.0 Å². The molecule has 0 saturated heterocycles. The van der Waals surface area contributed by atoms with Crippen LogP contribution in [0.25, 0.3) is 0 Å². The number of pyridine rings is 1. The van der Waals surface area contributed by atoms with E-state index in [4.69, 9.17) is 0 Å². The van der Waals surface area contributed by atoms with Gasteiger partial charge in [-0.2, -0.15) is 0 Å². The van der Waals surface area contributed by atoms with Crippen LogP contribution in [0.3, 0.4) is 0 Å². The number of thiophene rings is 1. The molecule has 7 nitrogen and oxygen atoms in total. The van der Waals surface area contributed by atoms with Crippen LogP contribution in [-0.4, -0.2) is 15.4 Å². The lowest BCUT2D eigenvalue weighted by molar-refractivity contribution is -0.385. The number of rotatable bonds is 6. The molecule has 1 N–H and O–H groups in total. The van der Waals surface area contributed by atoms with Gasteiger partial charge in [0.05, 0.1) is 17.2 Å². The van der Waals surface area contributed by atoms with Gasteiger partial charge in [-0.3, -0.25) is 24.3 Å². The van der Waals surface area contributed by atoms with Crippen LogP contribution in [0.2, 0.25) is 0 Å². The highest BCUT2D eigenvalue weighted by atomic mass is 32.1. The Kier molecular flexibility index (Phi) is 5.28. The number of carbonyl (C=O) groups is 1. The highest BCUT2D eigenvalue weighted by molar-refractivity contribution is 7.10. The van der Waals surface area contributed by atoms with Crippen LogP contribution in [0.4, 0.5) is 5.69 Å². The number of hydrogen-bond donors (Lipinski definition) is 1. The Balaban J connectivity index is 2.14. The minimum absolute atomic E-state index is 0.156. The molecular weight excluding hydrogens is 318 g/mol. The monoisotopic (exact) mass is 335 g/mol. The molecule has 2 heterocycles. The molecule has 0 aliphatic carbocycles. The third-order valence-corrected chi connectivity index (χ3v) is 4.28. The first-order valence-corrected chi connectivity index (χ1v) is 7.94. The minimum Gasteiger partial charge on any atom is -0.347 e. The lowest BCUT2D eigenvalue weighted by Crippen LogP contribution is -2.36. The second-order valence-electron chi connectivity index (χ2n) is 5.42. The zero-order valence-corrected chi connectivity index (χ0v) is 13.6. The molecular formula is C15H17N3O4S. The van der Waals surface area contributed by atoms with Crippen molar-refractivity contribution in [2.24, 2.45) is 5.92 Å². The number of nitro groups is 1. The van der Waals surface area contributed by atoms with Crippen LogP contribution in [0.15, 0.2) is 40.6 Å². The Bertz CT molecular complexity index is 752. The first-order valence-electron chi connectivity index (χ1n) is 7.06. The minimum atomic E-state index is -0.601. The Morgan fingerprint density at radius 2 is 2.13 bits per heavy atom. The first-order chi connectivity index (χ1) is 10.9. The van der Waals surface area contributed by atoms with Crippen molar-refractivity contribution in [1.29, 1.82) is 0 Å². The first kappa shape index (κ1) is 16.9. The van der Waals surface area contributed by atoms with E-state index in [0.717, 1.165) is 27.8 Å². The number of aromatic nitrogens is 1. The van der Waals surface area contributed by atoms with Gasteiger partial charge in [0.2, 0.25) is 5.91 Å². The van der Waals surface area contributed by atoms with E-state index >= 15 is 0 Å². The van der Waals surface area contributed by atoms with Crippen LogP contribution in [0.1, 0.15) is 24.8 Å². The van der Waals surface area contributed by atoms with Gasteiger partial charge in [0.1, 0.15) is 6.54 Å². The van der Waals surface area contributed by atoms with E-state index in [1.54, 1.807) is 11.3 Å². The Morgan fingerprint density at radius 3 is 2.70 bits per heavy atom. The zero-order chi connectivity index (χ0) is 17.0. The largest absolute Gasteiger partial charge is 0.347 e. The SMILES string of the molecule is CC(C)C(NC(=O)Cn1cc([N+](=O)[O-])ccc1=O)c1cccs1. The topological polar surface area (TPSA) is 94.2 Å². The molecule has 2 rings (SSSR count). The summed E-state index contributed by atoms with van der Waals surface area (Å²) in [4.78, 5) is 35.2. The zero-order valence-electron chi connectivity index (χ0n) is 12.8. The average molecular weight is 335 g/mol. The predicted octanol–water partition coefficient (Wildman–Crippen LogP) is 2.33. The van der Waals surface area contributed by atoms with Gasteiger partial charge in [-0.05, 0) is 17.4 Å². The van der Waals surface area contributed by atoms with Crippen molar-refractivity contribution in [1.82, 2.24) is 9.88 Å². The number of carbonyl (C=O) groups excluding carboxylic acids is 1. The molecule has 0 bridgehead atoms. The van der Waals surface area contributed by atoms with Gasteiger partial charge in [0, 0.05) is 17.0 Å². The van der Waals surface area contributed by atoms with Gasteiger partial charge in [-0.25, -0.2) is 0 Å². The third kappa shape index (κ3) is 4.26. The van der Waals surface area contributed by atoms with Crippen LogP contribution >= 0.6 is 11.3 Å². The number of amides is 1. The number of nitrogens with zero attached hydrogens (tertiary/aromatic N) is 2. The third-order valence-electron chi connectivity index (χ3n) is 3.33. The maximum absolute atomic E-state index is 12.2. The lowest BCUT2D eigenvalue weighted by Gasteiger charge is -2.21. The molecule has 0 spiro atoms. The Hall–Kier alpha value is -2.48. The molecule has 0 fully saturated rings. The summed E-state index contributed by atoms with van der Waals surface area (Å²) in [5, 5.41) is 15.6. The summed E-state index contributed by atoms with van der Waals surface area (Å²) in [6.45, 7) is 3.73. The fourth-order valence-electron chi connectivity index (χ4n) is 2.16. The fourth-order valence-corrected chi connectivity index (χ4v) is 3.11. The molecule has 2 aromatic heterocycles. The van der Waals surface area contributed by atoms with E-state index in [9.17, 15) is 19.7 Å². The molecule has 0 saturated carbocycles. The molecule has 1 atom stereocenters.